The number of unbranched alkanes of at least 4 members (excludes halogenated alkanes) is 1. The van der Waals surface area contributed by atoms with Crippen molar-refractivity contribution >= 4 is 24.0 Å². The molecule has 0 aliphatic carbocycles. The Labute approximate surface area is 200 Å². The molecule has 7 nitrogen and oxygen atoms in total. The van der Waals surface area contributed by atoms with E-state index in [0.29, 0.717) is 24.5 Å². The lowest BCUT2D eigenvalue weighted by atomic mass is 10.1. The number of nitriles is 1. The quantitative estimate of drug-likeness (QED) is 0.158. The van der Waals surface area contributed by atoms with E-state index >= 15 is 0 Å². The third-order valence-electron chi connectivity index (χ3n) is 4.67. The van der Waals surface area contributed by atoms with E-state index in [1.807, 2.05) is 37.3 Å². The van der Waals surface area contributed by atoms with Gasteiger partial charge in [0, 0.05) is 12.6 Å². The summed E-state index contributed by atoms with van der Waals surface area (Å²) in [5, 5.41) is 11.9. The van der Waals surface area contributed by atoms with Gasteiger partial charge in [0.15, 0.2) is 11.5 Å². The zero-order valence-corrected chi connectivity index (χ0v) is 19.8. The molecule has 0 atom stereocenters. The minimum atomic E-state index is -0.568. The number of hydrogen-bond donors (Lipinski definition) is 1. The van der Waals surface area contributed by atoms with E-state index < -0.39 is 11.9 Å². The van der Waals surface area contributed by atoms with Gasteiger partial charge in [-0.25, -0.2) is 4.79 Å². The Morgan fingerprint density at radius 3 is 2.41 bits per heavy atom. The van der Waals surface area contributed by atoms with Crippen LogP contribution < -0.4 is 19.5 Å². The van der Waals surface area contributed by atoms with Gasteiger partial charge in [-0.05, 0) is 60.4 Å². The van der Waals surface area contributed by atoms with Crippen molar-refractivity contribution in [3.63, 3.8) is 0 Å². The first kappa shape index (κ1) is 26.2. The molecule has 2 aromatic carbocycles. The summed E-state index contributed by atoms with van der Waals surface area (Å²) in [6.07, 6.45) is 7.27. The van der Waals surface area contributed by atoms with Crippen molar-refractivity contribution in [2.24, 2.45) is 0 Å². The Balaban J connectivity index is 2.04. The summed E-state index contributed by atoms with van der Waals surface area (Å²) in [4.78, 5) is 24.4. The predicted octanol–water partition coefficient (Wildman–Crippen LogP) is 4.93. The van der Waals surface area contributed by atoms with Gasteiger partial charge >= 0.3 is 5.97 Å². The molecule has 0 aliphatic heterocycles. The molecule has 0 radical (unpaired) electrons. The lowest BCUT2D eigenvalue weighted by molar-refractivity contribution is -0.129. The van der Waals surface area contributed by atoms with Crippen molar-refractivity contribution in [1.82, 2.24) is 5.32 Å². The van der Waals surface area contributed by atoms with Crippen molar-refractivity contribution in [2.75, 3.05) is 20.3 Å². The van der Waals surface area contributed by atoms with Crippen LogP contribution in [-0.2, 0) is 9.59 Å². The summed E-state index contributed by atoms with van der Waals surface area (Å²) in [6.45, 7) is 5.20. The third kappa shape index (κ3) is 8.47. The van der Waals surface area contributed by atoms with Crippen LogP contribution in [0, 0.1) is 11.3 Å². The van der Waals surface area contributed by atoms with Crippen LogP contribution in [0.15, 0.2) is 54.1 Å². The van der Waals surface area contributed by atoms with Gasteiger partial charge in [0.05, 0.1) is 13.7 Å². The maximum Gasteiger partial charge on any atom is 0.336 e. The fraction of sp³-hybridized carbons (Fsp3) is 0.296. The van der Waals surface area contributed by atoms with E-state index in [0.717, 1.165) is 30.6 Å². The fourth-order valence-electron chi connectivity index (χ4n) is 2.82. The van der Waals surface area contributed by atoms with Gasteiger partial charge in [-0.2, -0.15) is 5.26 Å². The zero-order chi connectivity index (χ0) is 24.8. The van der Waals surface area contributed by atoms with E-state index in [-0.39, 0.29) is 11.3 Å². The number of carbonyl (C=O) groups excluding carboxylic acids is 2. The van der Waals surface area contributed by atoms with E-state index in [1.165, 1.54) is 19.3 Å². The average Bonchev–Trinajstić information content (AvgIpc) is 2.86. The highest BCUT2D eigenvalue weighted by atomic mass is 16.6. The summed E-state index contributed by atoms with van der Waals surface area (Å²) in [5.41, 5.74) is 1.37. The molecule has 7 heteroatoms. The Morgan fingerprint density at radius 1 is 1.03 bits per heavy atom. The summed E-state index contributed by atoms with van der Waals surface area (Å²) in [5.74, 6) is 0.304. The largest absolute Gasteiger partial charge is 0.494 e. The van der Waals surface area contributed by atoms with Crippen LogP contribution in [0.5, 0.6) is 17.2 Å². The second-order valence-corrected chi connectivity index (χ2v) is 7.36. The number of hydrogen-bond acceptors (Lipinski definition) is 6. The smallest absolute Gasteiger partial charge is 0.336 e. The number of nitrogens with zero attached hydrogens (tertiary/aromatic N) is 1. The topological polar surface area (TPSA) is 97.7 Å². The van der Waals surface area contributed by atoms with Crippen molar-refractivity contribution < 1.29 is 23.8 Å². The highest BCUT2D eigenvalue weighted by molar-refractivity contribution is 6.01. The molecule has 0 bridgehead atoms. The summed E-state index contributed by atoms with van der Waals surface area (Å²) < 4.78 is 16.3. The average molecular weight is 463 g/mol. The third-order valence-corrected chi connectivity index (χ3v) is 4.67. The van der Waals surface area contributed by atoms with E-state index in [9.17, 15) is 14.9 Å². The standard InChI is InChI=1S/C27H30N2O5/c1-4-6-16-33-23-11-7-20(8-12-23)10-14-26(30)34-24-13-9-21(18-25(24)32-3)17-22(19-28)27(31)29-15-5-2/h7-14,17-18H,4-6,15-16H2,1-3H3,(H,29,31)/b14-10+,22-17+. The van der Waals surface area contributed by atoms with Crippen molar-refractivity contribution in [3.05, 3.63) is 65.2 Å². The van der Waals surface area contributed by atoms with Crippen LogP contribution in [0.25, 0.3) is 12.2 Å². The van der Waals surface area contributed by atoms with Crippen molar-refractivity contribution in [3.8, 4) is 23.3 Å². The second kappa shape index (κ2) is 14.2. The Hall–Kier alpha value is -4.05. The van der Waals surface area contributed by atoms with Crippen LogP contribution in [0.4, 0.5) is 0 Å². The van der Waals surface area contributed by atoms with E-state index in [1.54, 1.807) is 24.3 Å². The van der Waals surface area contributed by atoms with Crippen LogP contribution >= 0.6 is 0 Å². The maximum atomic E-state index is 12.3. The molecule has 1 amide bonds. The Morgan fingerprint density at radius 2 is 1.76 bits per heavy atom. The zero-order valence-electron chi connectivity index (χ0n) is 19.8. The molecule has 0 saturated heterocycles. The molecule has 0 fully saturated rings. The normalized spacial score (nSPS) is 11.1. The summed E-state index contributed by atoms with van der Waals surface area (Å²) in [6, 6.07) is 14.1. The van der Waals surface area contributed by atoms with Crippen molar-refractivity contribution in [1.29, 1.82) is 5.26 Å². The number of amides is 1. The molecular formula is C27H30N2O5. The number of benzene rings is 2. The number of methoxy groups -OCH3 is 1. The molecular weight excluding hydrogens is 432 g/mol. The van der Waals surface area contributed by atoms with E-state index in [4.69, 9.17) is 14.2 Å². The lowest BCUT2D eigenvalue weighted by Crippen LogP contribution is -2.25. The number of nitrogens with one attached hydrogen (secondary N) is 1. The highest BCUT2D eigenvalue weighted by Gasteiger charge is 2.11. The first-order valence-corrected chi connectivity index (χ1v) is 11.2. The molecule has 2 rings (SSSR count). The van der Waals surface area contributed by atoms with E-state index in [2.05, 4.69) is 12.2 Å². The van der Waals surface area contributed by atoms with Gasteiger partial charge in [-0.3, -0.25) is 4.79 Å². The molecule has 34 heavy (non-hydrogen) atoms. The van der Waals surface area contributed by atoms with Crippen LogP contribution in [0.2, 0.25) is 0 Å². The highest BCUT2D eigenvalue weighted by Crippen LogP contribution is 2.29. The minimum Gasteiger partial charge on any atom is -0.494 e. The maximum absolute atomic E-state index is 12.3. The lowest BCUT2D eigenvalue weighted by Gasteiger charge is -2.09. The molecule has 0 spiro atoms. The van der Waals surface area contributed by atoms with Gasteiger partial charge in [0.2, 0.25) is 0 Å². The van der Waals surface area contributed by atoms with Gasteiger partial charge in [0.1, 0.15) is 17.4 Å². The molecule has 0 unspecified atom stereocenters. The SMILES string of the molecule is CCCCOc1ccc(/C=C/C(=O)Oc2ccc(/C=C(\C#N)C(=O)NCCC)cc2OC)cc1. The number of carbonyl (C=O) groups is 2. The first-order chi connectivity index (χ1) is 16.5. The second-order valence-electron chi connectivity index (χ2n) is 7.36. The molecule has 1 N–H and O–H groups in total. The summed E-state index contributed by atoms with van der Waals surface area (Å²) in [7, 11) is 1.44. The molecule has 2 aromatic rings. The minimum absolute atomic E-state index is 0.0232. The Kier molecular flexibility index (Phi) is 10.9. The fourth-order valence-corrected chi connectivity index (χ4v) is 2.82. The summed E-state index contributed by atoms with van der Waals surface area (Å²) >= 11 is 0. The molecule has 178 valence electrons. The van der Waals surface area contributed by atoms with Crippen molar-refractivity contribution in [2.45, 2.75) is 33.1 Å². The molecule has 0 heterocycles. The van der Waals surface area contributed by atoms with Crippen LogP contribution in [-0.4, -0.2) is 32.1 Å². The predicted molar refractivity (Wildman–Crippen MR) is 131 cm³/mol. The molecule has 0 aliphatic rings. The van der Waals surface area contributed by atoms with Gasteiger partial charge in [-0.15, -0.1) is 0 Å². The monoisotopic (exact) mass is 462 g/mol. The van der Waals surface area contributed by atoms with Crippen LogP contribution in [0.1, 0.15) is 44.2 Å². The number of ether oxygens (including phenoxy) is 3. The van der Waals surface area contributed by atoms with Gasteiger partial charge in [0.25, 0.3) is 5.91 Å². The Bertz CT molecular complexity index is 1070. The van der Waals surface area contributed by atoms with Crippen LogP contribution in [0.3, 0.4) is 0 Å². The number of esters is 1. The van der Waals surface area contributed by atoms with Gasteiger partial charge in [-0.1, -0.05) is 38.5 Å². The molecule has 0 saturated carbocycles. The first-order valence-electron chi connectivity index (χ1n) is 11.2. The van der Waals surface area contributed by atoms with Gasteiger partial charge < -0.3 is 19.5 Å². The number of rotatable bonds is 12. The molecule has 0 aromatic heterocycles.